The number of hydrazone groups is 1. The molecule has 0 bridgehead atoms. The van der Waals surface area contributed by atoms with Gasteiger partial charge in [0.2, 0.25) is 5.13 Å². The van der Waals surface area contributed by atoms with Gasteiger partial charge in [0.25, 0.3) is 5.91 Å². The lowest BCUT2D eigenvalue weighted by atomic mass is 10.2. The maximum absolute atomic E-state index is 13.3. The highest BCUT2D eigenvalue weighted by atomic mass is 127. The Morgan fingerprint density at radius 3 is 2.61 bits per heavy atom. The average molecular weight is 562 g/mol. The van der Waals surface area contributed by atoms with Gasteiger partial charge >= 0.3 is 0 Å². The van der Waals surface area contributed by atoms with Crippen molar-refractivity contribution in [2.75, 3.05) is 5.01 Å². The number of benzene rings is 3. The van der Waals surface area contributed by atoms with E-state index in [2.05, 4.69) is 48.6 Å². The monoisotopic (exact) mass is 561 g/mol. The van der Waals surface area contributed by atoms with Crippen LogP contribution >= 0.6 is 49.9 Å². The van der Waals surface area contributed by atoms with Gasteiger partial charge in [0, 0.05) is 8.04 Å². The Morgan fingerprint density at radius 1 is 1.07 bits per heavy atom. The van der Waals surface area contributed by atoms with Crippen LogP contribution in [-0.2, 0) is 0 Å². The van der Waals surface area contributed by atoms with Crippen molar-refractivity contribution in [3.8, 4) is 0 Å². The van der Waals surface area contributed by atoms with E-state index in [0.29, 0.717) is 10.7 Å². The Kier molecular flexibility index (Phi) is 5.84. The Hall–Kier alpha value is -2.10. The molecule has 0 aliphatic carbocycles. The lowest BCUT2D eigenvalue weighted by molar-refractivity contribution is 0.0987. The van der Waals surface area contributed by atoms with Crippen molar-refractivity contribution in [3.05, 3.63) is 92.0 Å². The molecule has 7 heteroatoms. The van der Waals surface area contributed by atoms with Crippen molar-refractivity contribution in [2.24, 2.45) is 5.10 Å². The zero-order valence-corrected chi connectivity index (χ0v) is 19.0. The Labute approximate surface area is 188 Å². The van der Waals surface area contributed by atoms with Gasteiger partial charge in [-0.05, 0) is 58.5 Å². The van der Waals surface area contributed by atoms with E-state index < -0.39 is 0 Å². The molecule has 1 aromatic heterocycles. The van der Waals surface area contributed by atoms with Gasteiger partial charge in [-0.2, -0.15) is 10.1 Å². The summed E-state index contributed by atoms with van der Waals surface area (Å²) in [6.45, 7) is 0. The lowest BCUT2D eigenvalue weighted by Gasteiger charge is -2.14. The summed E-state index contributed by atoms with van der Waals surface area (Å²) in [6.07, 6.45) is 1.68. The normalized spacial score (nSPS) is 11.2. The smallest absolute Gasteiger partial charge is 0.267 e. The maximum atomic E-state index is 13.3. The second-order valence-corrected chi connectivity index (χ2v) is 8.95. The van der Waals surface area contributed by atoms with Crippen molar-refractivity contribution in [3.63, 3.8) is 0 Å². The first-order valence-electron chi connectivity index (χ1n) is 8.36. The van der Waals surface area contributed by atoms with E-state index >= 15 is 0 Å². The van der Waals surface area contributed by atoms with Crippen molar-refractivity contribution < 1.29 is 4.79 Å². The molecule has 0 saturated carbocycles. The van der Waals surface area contributed by atoms with Gasteiger partial charge in [-0.3, -0.25) is 4.79 Å². The minimum Gasteiger partial charge on any atom is -0.267 e. The summed E-state index contributed by atoms with van der Waals surface area (Å²) in [7, 11) is 0. The zero-order chi connectivity index (χ0) is 19.5. The summed E-state index contributed by atoms with van der Waals surface area (Å²) in [5.74, 6) is -0.213. The summed E-state index contributed by atoms with van der Waals surface area (Å²) < 4.78 is 2.83. The molecule has 0 atom stereocenters. The van der Waals surface area contributed by atoms with E-state index in [1.54, 1.807) is 12.3 Å². The summed E-state index contributed by atoms with van der Waals surface area (Å²) in [6, 6.07) is 23.0. The Balaban J connectivity index is 1.79. The molecular formula is C21H13BrIN3OS. The van der Waals surface area contributed by atoms with E-state index in [1.807, 2.05) is 66.7 Å². The molecule has 0 spiro atoms. The summed E-state index contributed by atoms with van der Waals surface area (Å²) in [4.78, 5) is 17.9. The van der Waals surface area contributed by atoms with E-state index in [9.17, 15) is 4.79 Å². The zero-order valence-electron chi connectivity index (χ0n) is 14.4. The molecule has 0 N–H and O–H groups in total. The van der Waals surface area contributed by atoms with Crippen molar-refractivity contribution in [1.82, 2.24) is 4.98 Å². The van der Waals surface area contributed by atoms with Crippen LogP contribution in [0.25, 0.3) is 10.2 Å². The van der Waals surface area contributed by atoms with Crippen molar-refractivity contribution >= 4 is 77.3 Å². The topological polar surface area (TPSA) is 45.6 Å². The number of rotatable bonds is 4. The quantitative estimate of drug-likeness (QED) is 0.166. The molecular weight excluding hydrogens is 549 g/mol. The summed E-state index contributed by atoms with van der Waals surface area (Å²) >= 11 is 7.08. The molecule has 0 unspecified atom stereocenters. The molecule has 1 amide bonds. The van der Waals surface area contributed by atoms with Gasteiger partial charge < -0.3 is 0 Å². The number of carbonyl (C=O) groups is 1. The number of aromatic nitrogens is 1. The van der Waals surface area contributed by atoms with Crippen LogP contribution in [0.1, 0.15) is 15.9 Å². The molecule has 0 aliphatic heterocycles. The SMILES string of the molecule is O=C(c1ccccc1I)N(/N=C/c1ccccc1)c1nc2ccc(Br)cc2s1. The minimum absolute atomic E-state index is 0.213. The van der Waals surface area contributed by atoms with Crippen LogP contribution in [0, 0.1) is 3.57 Å². The first kappa shape index (κ1) is 19.2. The van der Waals surface area contributed by atoms with Crippen LogP contribution < -0.4 is 5.01 Å². The summed E-state index contributed by atoms with van der Waals surface area (Å²) in [5, 5.41) is 6.40. The first-order valence-corrected chi connectivity index (χ1v) is 11.0. The second kappa shape index (κ2) is 8.50. The minimum atomic E-state index is -0.213. The fraction of sp³-hybridized carbons (Fsp3) is 0. The molecule has 0 saturated heterocycles. The second-order valence-electron chi connectivity index (χ2n) is 5.86. The van der Waals surface area contributed by atoms with Crippen LogP contribution in [0.2, 0.25) is 0 Å². The van der Waals surface area contributed by atoms with Crippen LogP contribution in [0.3, 0.4) is 0 Å². The first-order chi connectivity index (χ1) is 13.6. The molecule has 3 aromatic carbocycles. The van der Waals surface area contributed by atoms with E-state index in [4.69, 9.17) is 0 Å². The number of thiazole rings is 1. The number of carbonyl (C=O) groups excluding carboxylic acids is 1. The van der Waals surface area contributed by atoms with E-state index in [0.717, 1.165) is 23.8 Å². The predicted octanol–water partition coefficient (Wildman–Crippen LogP) is 6.34. The third-order valence-corrected chi connectivity index (χ3v) is 6.37. The molecule has 0 aliphatic rings. The largest absolute Gasteiger partial charge is 0.281 e. The van der Waals surface area contributed by atoms with Gasteiger partial charge in [-0.15, -0.1) is 0 Å². The predicted molar refractivity (Wildman–Crippen MR) is 127 cm³/mol. The average Bonchev–Trinajstić information content (AvgIpc) is 3.12. The molecule has 138 valence electrons. The van der Waals surface area contributed by atoms with Crippen LogP contribution in [0.5, 0.6) is 0 Å². The fourth-order valence-electron chi connectivity index (χ4n) is 2.58. The van der Waals surface area contributed by atoms with Crippen LogP contribution in [-0.4, -0.2) is 17.1 Å². The molecule has 4 aromatic rings. The van der Waals surface area contributed by atoms with Gasteiger partial charge in [-0.25, -0.2) is 4.98 Å². The van der Waals surface area contributed by atoms with Gasteiger partial charge in [0.1, 0.15) is 0 Å². The number of hydrogen-bond acceptors (Lipinski definition) is 4. The number of nitrogens with zero attached hydrogens (tertiary/aromatic N) is 3. The number of hydrogen-bond donors (Lipinski definition) is 0. The highest BCUT2D eigenvalue weighted by Gasteiger charge is 2.22. The maximum Gasteiger partial charge on any atom is 0.281 e. The van der Waals surface area contributed by atoms with Gasteiger partial charge in [0.05, 0.1) is 22.0 Å². The number of halogens is 2. The fourth-order valence-corrected chi connectivity index (χ4v) is 4.67. The summed E-state index contributed by atoms with van der Waals surface area (Å²) in [5.41, 5.74) is 2.33. The van der Waals surface area contributed by atoms with Gasteiger partial charge in [0.15, 0.2) is 0 Å². The molecule has 0 radical (unpaired) electrons. The number of amides is 1. The van der Waals surface area contributed by atoms with Gasteiger partial charge in [-0.1, -0.05) is 69.7 Å². The molecule has 4 nitrogen and oxygen atoms in total. The Morgan fingerprint density at radius 2 is 1.82 bits per heavy atom. The van der Waals surface area contributed by atoms with Crippen LogP contribution in [0.15, 0.2) is 82.4 Å². The molecule has 1 heterocycles. The molecule has 28 heavy (non-hydrogen) atoms. The molecule has 0 fully saturated rings. The van der Waals surface area contributed by atoms with E-state index in [-0.39, 0.29) is 5.91 Å². The van der Waals surface area contributed by atoms with Crippen LogP contribution in [0.4, 0.5) is 5.13 Å². The van der Waals surface area contributed by atoms with Crippen molar-refractivity contribution in [2.45, 2.75) is 0 Å². The van der Waals surface area contributed by atoms with E-state index in [1.165, 1.54) is 16.3 Å². The lowest BCUT2D eigenvalue weighted by Crippen LogP contribution is -2.26. The Bertz CT molecular complexity index is 1180. The third-order valence-electron chi connectivity index (χ3n) is 3.94. The third kappa shape index (κ3) is 4.16. The van der Waals surface area contributed by atoms with Crippen molar-refractivity contribution in [1.29, 1.82) is 0 Å². The standard InChI is InChI=1S/C21H13BrIN3OS/c22-15-10-11-18-19(12-15)28-21(25-18)26(24-13-14-6-2-1-3-7-14)20(27)16-8-4-5-9-17(16)23/h1-13H/b24-13+. The number of fused-ring (bicyclic) bond motifs is 1. The highest BCUT2D eigenvalue weighted by Crippen LogP contribution is 2.32. The highest BCUT2D eigenvalue weighted by molar-refractivity contribution is 14.1. The molecule has 4 rings (SSSR count). The number of anilines is 1.